The van der Waals surface area contributed by atoms with Gasteiger partial charge in [-0.15, -0.1) is 0 Å². The van der Waals surface area contributed by atoms with E-state index >= 15 is 0 Å². The Labute approximate surface area is 99.0 Å². The Morgan fingerprint density at radius 1 is 1.69 bits per heavy atom. The lowest BCUT2D eigenvalue weighted by molar-refractivity contribution is 0.234. The van der Waals surface area contributed by atoms with Gasteiger partial charge in [-0.25, -0.2) is 9.29 Å². The SMILES string of the molecule is N#Cc1ncccc1SN1CCC(CO)C1. The number of hydrogen-bond acceptors (Lipinski definition) is 5. The predicted octanol–water partition coefficient (Wildman–Crippen LogP) is 1.27. The minimum atomic E-state index is 0.245. The van der Waals surface area contributed by atoms with Gasteiger partial charge in [0.25, 0.3) is 0 Å². The lowest BCUT2D eigenvalue weighted by atomic mass is 10.1. The first-order valence-corrected chi connectivity index (χ1v) is 5.99. The van der Waals surface area contributed by atoms with E-state index in [2.05, 4.69) is 15.4 Å². The van der Waals surface area contributed by atoms with Crippen LogP contribution in [-0.2, 0) is 0 Å². The molecule has 4 nitrogen and oxygen atoms in total. The zero-order chi connectivity index (χ0) is 11.4. The maximum absolute atomic E-state index is 9.05. The van der Waals surface area contributed by atoms with Crippen molar-refractivity contribution in [3.63, 3.8) is 0 Å². The van der Waals surface area contributed by atoms with Crippen molar-refractivity contribution in [3.05, 3.63) is 24.0 Å². The Hall–Kier alpha value is -1.09. The van der Waals surface area contributed by atoms with Gasteiger partial charge < -0.3 is 5.11 Å². The molecule has 1 N–H and O–H groups in total. The normalized spacial score (nSPS) is 20.9. The summed E-state index contributed by atoms with van der Waals surface area (Å²) in [6, 6.07) is 5.83. The Bertz CT molecular complexity index is 404. The molecule has 1 aromatic heterocycles. The third-order valence-electron chi connectivity index (χ3n) is 2.61. The Kier molecular flexibility index (Phi) is 3.78. The summed E-state index contributed by atoms with van der Waals surface area (Å²) in [5.74, 6) is 0.370. The third-order valence-corrected chi connectivity index (χ3v) is 3.73. The lowest BCUT2D eigenvalue weighted by Gasteiger charge is -2.14. The highest BCUT2D eigenvalue weighted by molar-refractivity contribution is 7.97. The highest BCUT2D eigenvalue weighted by atomic mass is 32.2. The topological polar surface area (TPSA) is 60.2 Å². The standard InChI is InChI=1S/C11H13N3OS/c12-6-10-11(2-1-4-13-10)16-14-5-3-9(7-14)8-15/h1-2,4,9,15H,3,5,7-8H2. The van der Waals surface area contributed by atoms with Crippen molar-refractivity contribution in [2.24, 2.45) is 5.92 Å². The minimum Gasteiger partial charge on any atom is -0.396 e. The average molecular weight is 235 g/mol. The molecular weight excluding hydrogens is 222 g/mol. The maximum Gasteiger partial charge on any atom is 0.155 e. The molecule has 84 valence electrons. The third kappa shape index (κ3) is 2.53. The van der Waals surface area contributed by atoms with Crippen molar-refractivity contribution in [3.8, 4) is 6.07 Å². The first-order chi connectivity index (χ1) is 7.83. The maximum atomic E-state index is 9.05. The van der Waals surface area contributed by atoms with Gasteiger partial charge in [0.15, 0.2) is 5.69 Å². The van der Waals surface area contributed by atoms with E-state index in [9.17, 15) is 0 Å². The van der Waals surface area contributed by atoms with Gasteiger partial charge in [-0.1, -0.05) is 0 Å². The van der Waals surface area contributed by atoms with Crippen LogP contribution in [0.5, 0.6) is 0 Å². The number of aliphatic hydroxyl groups is 1. The number of aromatic nitrogens is 1. The molecule has 0 spiro atoms. The molecule has 1 atom stereocenters. The Balaban J connectivity index is 2.02. The van der Waals surface area contributed by atoms with Crippen LogP contribution in [-0.4, -0.2) is 34.1 Å². The van der Waals surface area contributed by atoms with Crippen LogP contribution < -0.4 is 0 Å². The molecule has 16 heavy (non-hydrogen) atoms. The van der Waals surface area contributed by atoms with Crippen LogP contribution in [0.25, 0.3) is 0 Å². The number of nitrogens with zero attached hydrogens (tertiary/aromatic N) is 3. The largest absolute Gasteiger partial charge is 0.396 e. The molecular formula is C11H13N3OS. The molecule has 0 aromatic carbocycles. The van der Waals surface area contributed by atoms with Gasteiger partial charge in [-0.2, -0.15) is 5.26 Å². The van der Waals surface area contributed by atoms with Gasteiger partial charge in [0, 0.05) is 25.9 Å². The minimum absolute atomic E-state index is 0.245. The van der Waals surface area contributed by atoms with Gasteiger partial charge in [0.05, 0.1) is 4.90 Å². The van der Waals surface area contributed by atoms with E-state index in [1.165, 1.54) is 0 Å². The Morgan fingerprint density at radius 3 is 3.25 bits per heavy atom. The summed E-state index contributed by atoms with van der Waals surface area (Å²) in [5.41, 5.74) is 0.472. The van der Waals surface area contributed by atoms with Crippen LogP contribution in [0.3, 0.4) is 0 Å². The fraction of sp³-hybridized carbons (Fsp3) is 0.455. The Morgan fingerprint density at radius 2 is 2.56 bits per heavy atom. The van der Waals surface area contributed by atoms with Gasteiger partial charge in [-0.3, -0.25) is 0 Å². The summed E-state index contributed by atoms with van der Waals surface area (Å²) in [6.07, 6.45) is 2.65. The van der Waals surface area contributed by atoms with E-state index in [0.717, 1.165) is 24.4 Å². The summed E-state index contributed by atoms with van der Waals surface area (Å²) < 4.78 is 2.18. The van der Waals surface area contributed by atoms with Crippen molar-refractivity contribution in [1.82, 2.24) is 9.29 Å². The van der Waals surface area contributed by atoms with E-state index in [4.69, 9.17) is 10.4 Å². The van der Waals surface area contributed by atoms with Gasteiger partial charge in [0.2, 0.25) is 0 Å². The number of pyridine rings is 1. The quantitative estimate of drug-likeness (QED) is 0.800. The first-order valence-electron chi connectivity index (χ1n) is 5.22. The number of rotatable bonds is 3. The van der Waals surface area contributed by atoms with Gasteiger partial charge >= 0.3 is 0 Å². The molecule has 0 radical (unpaired) electrons. The van der Waals surface area contributed by atoms with Crippen molar-refractivity contribution in [1.29, 1.82) is 5.26 Å². The highest BCUT2D eigenvalue weighted by Crippen LogP contribution is 2.30. The molecule has 2 rings (SSSR count). The predicted molar refractivity (Wildman–Crippen MR) is 61.6 cm³/mol. The van der Waals surface area contributed by atoms with Crippen LogP contribution >= 0.6 is 11.9 Å². The first kappa shape index (κ1) is 11.4. The number of aliphatic hydroxyl groups excluding tert-OH is 1. The average Bonchev–Trinajstić information content (AvgIpc) is 2.77. The molecule has 1 saturated heterocycles. The van der Waals surface area contributed by atoms with E-state index in [0.29, 0.717) is 11.6 Å². The van der Waals surface area contributed by atoms with Crippen LogP contribution in [0.2, 0.25) is 0 Å². The van der Waals surface area contributed by atoms with Crippen LogP contribution in [0.15, 0.2) is 23.2 Å². The van der Waals surface area contributed by atoms with Crippen molar-refractivity contribution in [2.75, 3.05) is 19.7 Å². The van der Waals surface area contributed by atoms with Gasteiger partial charge in [-0.05, 0) is 36.4 Å². The zero-order valence-electron chi connectivity index (χ0n) is 8.83. The lowest BCUT2D eigenvalue weighted by Crippen LogP contribution is -2.13. The second kappa shape index (κ2) is 5.30. The van der Waals surface area contributed by atoms with Gasteiger partial charge in [0.1, 0.15) is 6.07 Å². The molecule has 1 aliphatic heterocycles. The molecule has 0 aliphatic carbocycles. The molecule has 5 heteroatoms. The van der Waals surface area contributed by atoms with Crippen LogP contribution in [0.1, 0.15) is 12.1 Å². The molecule has 0 amide bonds. The second-order valence-corrected chi connectivity index (χ2v) is 4.92. The molecule has 2 heterocycles. The molecule has 1 aromatic rings. The second-order valence-electron chi connectivity index (χ2n) is 3.78. The fourth-order valence-electron chi connectivity index (χ4n) is 1.72. The monoisotopic (exact) mass is 235 g/mol. The fourth-order valence-corrected chi connectivity index (χ4v) is 2.80. The summed E-state index contributed by atoms with van der Waals surface area (Å²) in [7, 11) is 0. The molecule has 0 bridgehead atoms. The van der Waals surface area contributed by atoms with Crippen molar-refractivity contribution >= 4 is 11.9 Å². The molecule has 1 unspecified atom stereocenters. The van der Waals surface area contributed by atoms with E-state index in [-0.39, 0.29) is 6.61 Å². The number of hydrogen-bond donors (Lipinski definition) is 1. The zero-order valence-corrected chi connectivity index (χ0v) is 9.65. The molecule has 1 aliphatic rings. The highest BCUT2D eigenvalue weighted by Gasteiger charge is 2.23. The van der Waals surface area contributed by atoms with E-state index < -0.39 is 0 Å². The summed E-state index contributed by atoms with van der Waals surface area (Å²) >= 11 is 1.56. The van der Waals surface area contributed by atoms with Crippen molar-refractivity contribution < 1.29 is 5.11 Å². The molecule has 0 saturated carbocycles. The smallest absolute Gasteiger partial charge is 0.155 e. The van der Waals surface area contributed by atoms with Crippen LogP contribution in [0, 0.1) is 17.2 Å². The van der Waals surface area contributed by atoms with Crippen molar-refractivity contribution in [2.45, 2.75) is 11.3 Å². The van der Waals surface area contributed by atoms with E-state index in [1.807, 2.05) is 12.1 Å². The molecule has 1 fully saturated rings. The summed E-state index contributed by atoms with van der Waals surface area (Å²) in [4.78, 5) is 4.91. The van der Waals surface area contributed by atoms with E-state index in [1.54, 1.807) is 18.1 Å². The summed E-state index contributed by atoms with van der Waals surface area (Å²) in [5, 5.41) is 18.0. The summed E-state index contributed by atoms with van der Waals surface area (Å²) in [6.45, 7) is 2.08. The van der Waals surface area contributed by atoms with Crippen LogP contribution in [0.4, 0.5) is 0 Å². The number of nitriles is 1.